The monoisotopic (exact) mass is 263 g/mol. The molecule has 0 aromatic heterocycles. The standard InChI is InChI=1S/C10H18BrNO2/c1-4-8(11)10(13)12-9-5-14-7(3)6(9)2/h6-9H,4-5H2,1-3H3,(H,12,13). The van der Waals surface area contributed by atoms with Gasteiger partial charge in [0.05, 0.1) is 23.6 Å². The second kappa shape index (κ2) is 5.12. The predicted octanol–water partition coefficient (Wildman–Crippen LogP) is 1.70. The molecule has 1 amide bonds. The molecule has 0 saturated carbocycles. The number of amides is 1. The molecule has 1 saturated heterocycles. The lowest BCUT2D eigenvalue weighted by molar-refractivity contribution is -0.121. The quantitative estimate of drug-likeness (QED) is 0.788. The van der Waals surface area contributed by atoms with Gasteiger partial charge in [0.1, 0.15) is 0 Å². The van der Waals surface area contributed by atoms with E-state index in [0.29, 0.717) is 12.5 Å². The van der Waals surface area contributed by atoms with Crippen molar-refractivity contribution in [1.29, 1.82) is 0 Å². The van der Waals surface area contributed by atoms with Crippen molar-refractivity contribution < 1.29 is 9.53 Å². The summed E-state index contributed by atoms with van der Waals surface area (Å²) in [5, 5.41) is 3.00. The van der Waals surface area contributed by atoms with Gasteiger partial charge in [0.15, 0.2) is 0 Å². The second-order valence-corrected chi connectivity index (χ2v) is 4.99. The van der Waals surface area contributed by atoms with E-state index in [-0.39, 0.29) is 22.9 Å². The van der Waals surface area contributed by atoms with Crippen molar-refractivity contribution in [2.45, 2.75) is 44.2 Å². The van der Waals surface area contributed by atoms with Gasteiger partial charge in [-0.2, -0.15) is 0 Å². The Kier molecular flexibility index (Phi) is 4.38. The largest absolute Gasteiger partial charge is 0.376 e. The molecule has 4 atom stereocenters. The molecule has 82 valence electrons. The van der Waals surface area contributed by atoms with Crippen molar-refractivity contribution in [2.24, 2.45) is 5.92 Å². The van der Waals surface area contributed by atoms with Crippen LogP contribution in [0.5, 0.6) is 0 Å². The third-order valence-electron chi connectivity index (χ3n) is 2.88. The third kappa shape index (κ3) is 2.70. The lowest BCUT2D eigenvalue weighted by Gasteiger charge is -2.18. The van der Waals surface area contributed by atoms with Gasteiger partial charge < -0.3 is 10.1 Å². The Labute approximate surface area is 93.7 Å². The Balaban J connectivity index is 2.41. The maximum Gasteiger partial charge on any atom is 0.234 e. The first-order valence-electron chi connectivity index (χ1n) is 5.12. The van der Waals surface area contributed by atoms with Gasteiger partial charge in [-0.25, -0.2) is 0 Å². The Bertz CT molecular complexity index is 210. The molecule has 1 aliphatic heterocycles. The van der Waals surface area contributed by atoms with E-state index in [9.17, 15) is 4.79 Å². The Morgan fingerprint density at radius 3 is 2.71 bits per heavy atom. The van der Waals surface area contributed by atoms with E-state index in [2.05, 4.69) is 28.2 Å². The van der Waals surface area contributed by atoms with Crippen LogP contribution in [0.2, 0.25) is 0 Å². The van der Waals surface area contributed by atoms with E-state index in [0.717, 1.165) is 6.42 Å². The van der Waals surface area contributed by atoms with Gasteiger partial charge in [-0.15, -0.1) is 0 Å². The molecule has 1 N–H and O–H groups in total. The van der Waals surface area contributed by atoms with Crippen LogP contribution in [-0.2, 0) is 9.53 Å². The maximum atomic E-state index is 11.6. The van der Waals surface area contributed by atoms with Gasteiger partial charge in [0.2, 0.25) is 5.91 Å². The van der Waals surface area contributed by atoms with E-state index in [1.807, 2.05) is 13.8 Å². The number of rotatable bonds is 3. The van der Waals surface area contributed by atoms with E-state index in [1.54, 1.807) is 0 Å². The zero-order valence-corrected chi connectivity index (χ0v) is 10.5. The summed E-state index contributed by atoms with van der Waals surface area (Å²) in [7, 11) is 0. The summed E-state index contributed by atoms with van der Waals surface area (Å²) in [4.78, 5) is 11.5. The molecule has 1 rings (SSSR count). The van der Waals surface area contributed by atoms with Crippen molar-refractivity contribution >= 4 is 21.8 Å². The molecule has 3 nitrogen and oxygen atoms in total. The molecule has 0 radical (unpaired) electrons. The minimum absolute atomic E-state index is 0.0713. The molecular formula is C10H18BrNO2. The minimum Gasteiger partial charge on any atom is -0.376 e. The highest BCUT2D eigenvalue weighted by molar-refractivity contribution is 9.10. The number of hydrogen-bond acceptors (Lipinski definition) is 2. The maximum absolute atomic E-state index is 11.6. The van der Waals surface area contributed by atoms with Crippen LogP contribution in [0.3, 0.4) is 0 Å². The van der Waals surface area contributed by atoms with Crippen LogP contribution in [0, 0.1) is 5.92 Å². The molecule has 4 unspecified atom stereocenters. The van der Waals surface area contributed by atoms with Crippen molar-refractivity contribution in [3.63, 3.8) is 0 Å². The van der Waals surface area contributed by atoms with Crippen LogP contribution in [0.4, 0.5) is 0 Å². The molecule has 0 aromatic carbocycles. The van der Waals surface area contributed by atoms with Crippen molar-refractivity contribution in [2.75, 3.05) is 6.61 Å². The van der Waals surface area contributed by atoms with E-state index in [4.69, 9.17) is 4.74 Å². The van der Waals surface area contributed by atoms with Crippen LogP contribution in [0.15, 0.2) is 0 Å². The van der Waals surface area contributed by atoms with Gasteiger partial charge in [0, 0.05) is 5.92 Å². The topological polar surface area (TPSA) is 38.3 Å². The fraction of sp³-hybridized carbons (Fsp3) is 0.900. The molecule has 1 fully saturated rings. The minimum atomic E-state index is -0.0781. The Hall–Kier alpha value is -0.0900. The van der Waals surface area contributed by atoms with Gasteiger partial charge in [0.25, 0.3) is 0 Å². The van der Waals surface area contributed by atoms with Crippen LogP contribution in [-0.4, -0.2) is 29.5 Å². The van der Waals surface area contributed by atoms with Crippen LogP contribution >= 0.6 is 15.9 Å². The fourth-order valence-corrected chi connectivity index (χ4v) is 1.65. The van der Waals surface area contributed by atoms with Crippen LogP contribution in [0.1, 0.15) is 27.2 Å². The van der Waals surface area contributed by atoms with Crippen molar-refractivity contribution in [3.8, 4) is 0 Å². The molecule has 0 spiro atoms. The summed E-state index contributed by atoms with van der Waals surface area (Å²) < 4.78 is 5.46. The molecule has 0 aromatic rings. The van der Waals surface area contributed by atoms with Crippen LogP contribution < -0.4 is 5.32 Å². The highest BCUT2D eigenvalue weighted by Gasteiger charge is 2.32. The van der Waals surface area contributed by atoms with Gasteiger partial charge >= 0.3 is 0 Å². The predicted molar refractivity (Wildman–Crippen MR) is 59.5 cm³/mol. The Morgan fingerprint density at radius 1 is 1.64 bits per heavy atom. The molecule has 1 aliphatic rings. The molecule has 4 heteroatoms. The lowest BCUT2D eigenvalue weighted by Crippen LogP contribution is -2.43. The zero-order chi connectivity index (χ0) is 10.7. The summed E-state index contributed by atoms with van der Waals surface area (Å²) in [5.74, 6) is 0.470. The average Bonchev–Trinajstić information content (AvgIpc) is 2.48. The molecule has 14 heavy (non-hydrogen) atoms. The molecular weight excluding hydrogens is 246 g/mol. The summed E-state index contributed by atoms with van der Waals surface area (Å²) in [6, 6.07) is 0.170. The average molecular weight is 264 g/mol. The molecule has 0 bridgehead atoms. The van der Waals surface area contributed by atoms with E-state index >= 15 is 0 Å². The summed E-state index contributed by atoms with van der Waals surface area (Å²) in [6.07, 6.45) is 1.05. The van der Waals surface area contributed by atoms with E-state index in [1.165, 1.54) is 0 Å². The zero-order valence-electron chi connectivity index (χ0n) is 8.92. The normalized spacial score (nSPS) is 34.1. The third-order valence-corrected chi connectivity index (χ3v) is 3.95. The van der Waals surface area contributed by atoms with E-state index < -0.39 is 0 Å². The lowest BCUT2D eigenvalue weighted by atomic mass is 10.0. The SMILES string of the molecule is CCC(Br)C(=O)NC1COC(C)C1C. The molecule has 0 aliphatic carbocycles. The fourth-order valence-electron chi connectivity index (χ4n) is 1.52. The van der Waals surface area contributed by atoms with Crippen molar-refractivity contribution in [3.05, 3.63) is 0 Å². The highest BCUT2D eigenvalue weighted by atomic mass is 79.9. The number of halogens is 1. The van der Waals surface area contributed by atoms with Crippen molar-refractivity contribution in [1.82, 2.24) is 5.32 Å². The van der Waals surface area contributed by atoms with Gasteiger partial charge in [-0.05, 0) is 13.3 Å². The summed E-state index contributed by atoms with van der Waals surface area (Å²) in [6.45, 7) is 6.77. The second-order valence-electron chi connectivity index (χ2n) is 3.89. The van der Waals surface area contributed by atoms with Gasteiger partial charge in [-0.3, -0.25) is 4.79 Å². The molecule has 1 heterocycles. The number of alkyl halides is 1. The highest BCUT2D eigenvalue weighted by Crippen LogP contribution is 2.20. The summed E-state index contributed by atoms with van der Waals surface area (Å²) in [5.41, 5.74) is 0. The number of carbonyl (C=O) groups excluding carboxylic acids is 1. The van der Waals surface area contributed by atoms with Gasteiger partial charge in [-0.1, -0.05) is 29.8 Å². The van der Waals surface area contributed by atoms with Crippen LogP contribution in [0.25, 0.3) is 0 Å². The Morgan fingerprint density at radius 2 is 2.29 bits per heavy atom. The number of ether oxygens (including phenoxy) is 1. The number of nitrogens with one attached hydrogen (secondary N) is 1. The smallest absolute Gasteiger partial charge is 0.234 e. The number of hydrogen-bond donors (Lipinski definition) is 1. The first-order chi connectivity index (χ1) is 6.56. The first kappa shape index (κ1) is 12.0. The first-order valence-corrected chi connectivity index (χ1v) is 6.03. The number of carbonyl (C=O) groups is 1. The summed E-state index contributed by atoms with van der Waals surface area (Å²) >= 11 is 3.33.